The third kappa shape index (κ3) is 4.48. The molecule has 0 aliphatic heterocycles. The molecule has 1 fully saturated rings. The van der Waals surface area contributed by atoms with E-state index in [0.717, 1.165) is 34.4 Å². The van der Waals surface area contributed by atoms with Crippen LogP contribution in [-0.4, -0.2) is 12.1 Å². The first-order valence-electron chi connectivity index (χ1n) is 11.5. The molecule has 4 heteroatoms. The minimum atomic E-state index is -0.307. The summed E-state index contributed by atoms with van der Waals surface area (Å²) >= 11 is 0. The standard InChI is InChI=1S/C30H26N2O2/c33-29(27-20-30(27,25-15-6-2-7-16-25)26-17-8-3-9-18-26)32-31-21-24-14-10-11-19-28(24)34-22-23-12-4-1-5-13-23/h1-19,21,27H,20,22H2,(H,32,33)/b31-21-/t27-/m1/s1. The lowest BCUT2D eigenvalue weighted by Gasteiger charge is -2.18. The Hall–Kier alpha value is -4.18. The van der Waals surface area contributed by atoms with Gasteiger partial charge < -0.3 is 4.74 Å². The molecule has 0 unspecified atom stereocenters. The Morgan fingerprint density at radius 2 is 1.38 bits per heavy atom. The maximum atomic E-state index is 13.1. The highest BCUT2D eigenvalue weighted by Crippen LogP contribution is 2.58. The number of hydrogen-bond donors (Lipinski definition) is 1. The van der Waals surface area contributed by atoms with E-state index in [1.54, 1.807) is 6.21 Å². The van der Waals surface area contributed by atoms with Gasteiger partial charge in [0.25, 0.3) is 0 Å². The number of benzene rings is 4. The first-order chi connectivity index (χ1) is 16.8. The summed E-state index contributed by atoms with van der Waals surface area (Å²) in [5.74, 6) is 0.476. The van der Waals surface area contributed by atoms with Gasteiger partial charge in [-0.15, -0.1) is 0 Å². The van der Waals surface area contributed by atoms with E-state index >= 15 is 0 Å². The van der Waals surface area contributed by atoms with Crippen molar-refractivity contribution in [3.05, 3.63) is 138 Å². The molecule has 0 aromatic heterocycles. The average molecular weight is 447 g/mol. The lowest BCUT2D eigenvalue weighted by molar-refractivity contribution is -0.122. The molecule has 4 nitrogen and oxygen atoms in total. The number of hydrazone groups is 1. The van der Waals surface area contributed by atoms with Crippen LogP contribution in [-0.2, 0) is 16.8 Å². The second kappa shape index (κ2) is 9.75. The predicted molar refractivity (Wildman–Crippen MR) is 135 cm³/mol. The van der Waals surface area contributed by atoms with E-state index in [1.165, 1.54) is 0 Å². The fourth-order valence-electron chi connectivity index (χ4n) is 4.55. The highest BCUT2D eigenvalue weighted by molar-refractivity contribution is 5.88. The lowest BCUT2D eigenvalue weighted by Crippen LogP contribution is -2.25. The quantitative estimate of drug-likeness (QED) is 0.278. The Balaban J connectivity index is 1.28. The molecule has 1 atom stereocenters. The van der Waals surface area contributed by atoms with Crippen molar-refractivity contribution in [2.45, 2.75) is 18.4 Å². The van der Waals surface area contributed by atoms with Crippen LogP contribution < -0.4 is 10.2 Å². The highest BCUT2D eigenvalue weighted by Gasteiger charge is 2.60. The molecule has 5 rings (SSSR count). The summed E-state index contributed by atoms with van der Waals surface area (Å²) in [6, 6.07) is 38.2. The molecule has 0 spiro atoms. The second-order valence-electron chi connectivity index (χ2n) is 8.51. The largest absolute Gasteiger partial charge is 0.488 e. The van der Waals surface area contributed by atoms with Crippen molar-refractivity contribution in [2.24, 2.45) is 11.0 Å². The van der Waals surface area contributed by atoms with Crippen LogP contribution in [0.5, 0.6) is 5.75 Å². The van der Waals surface area contributed by atoms with Crippen LogP contribution in [0.1, 0.15) is 28.7 Å². The van der Waals surface area contributed by atoms with Gasteiger partial charge in [0.1, 0.15) is 12.4 Å². The normalized spacial score (nSPS) is 16.2. The fourth-order valence-corrected chi connectivity index (χ4v) is 4.55. The van der Waals surface area contributed by atoms with Gasteiger partial charge in [-0.1, -0.05) is 103 Å². The predicted octanol–water partition coefficient (Wildman–Crippen LogP) is 5.72. The Kier molecular flexibility index (Phi) is 6.21. The molecule has 0 heterocycles. The molecular weight excluding hydrogens is 420 g/mol. The van der Waals surface area contributed by atoms with E-state index in [1.807, 2.05) is 91.0 Å². The molecule has 1 aliphatic rings. The maximum Gasteiger partial charge on any atom is 0.244 e. The summed E-state index contributed by atoms with van der Waals surface area (Å²) in [7, 11) is 0. The van der Waals surface area contributed by atoms with Gasteiger partial charge in [0.15, 0.2) is 0 Å². The van der Waals surface area contributed by atoms with Gasteiger partial charge in [0.2, 0.25) is 5.91 Å². The number of amides is 1. The van der Waals surface area contributed by atoms with Gasteiger partial charge in [0, 0.05) is 11.0 Å². The molecule has 4 aromatic carbocycles. The molecule has 34 heavy (non-hydrogen) atoms. The Bertz CT molecular complexity index is 1230. The van der Waals surface area contributed by atoms with Crippen LogP contribution >= 0.6 is 0 Å². The van der Waals surface area contributed by atoms with Crippen molar-refractivity contribution in [3.63, 3.8) is 0 Å². The summed E-state index contributed by atoms with van der Waals surface area (Å²) in [4.78, 5) is 13.1. The van der Waals surface area contributed by atoms with E-state index in [2.05, 4.69) is 34.8 Å². The smallest absolute Gasteiger partial charge is 0.244 e. The average Bonchev–Trinajstić information content (AvgIpc) is 3.67. The molecule has 0 bridgehead atoms. The number of carbonyl (C=O) groups excluding carboxylic acids is 1. The Labute approximate surface area is 199 Å². The maximum absolute atomic E-state index is 13.1. The number of ether oxygens (including phenoxy) is 1. The topological polar surface area (TPSA) is 50.7 Å². The monoisotopic (exact) mass is 446 g/mol. The summed E-state index contributed by atoms with van der Waals surface area (Å²) in [5, 5.41) is 4.27. The van der Waals surface area contributed by atoms with Crippen molar-refractivity contribution in [1.82, 2.24) is 5.43 Å². The van der Waals surface area contributed by atoms with Crippen LogP contribution in [0.4, 0.5) is 0 Å². The van der Waals surface area contributed by atoms with Gasteiger partial charge in [-0.05, 0) is 35.2 Å². The third-order valence-electron chi connectivity index (χ3n) is 6.39. The molecule has 1 N–H and O–H groups in total. The van der Waals surface area contributed by atoms with E-state index in [0.29, 0.717) is 6.61 Å². The summed E-state index contributed by atoms with van der Waals surface area (Å²) in [6.45, 7) is 0.469. The zero-order valence-corrected chi connectivity index (χ0v) is 18.8. The first kappa shape index (κ1) is 21.7. The summed E-state index contributed by atoms with van der Waals surface area (Å²) in [5.41, 5.74) is 6.68. The van der Waals surface area contributed by atoms with Crippen molar-refractivity contribution < 1.29 is 9.53 Å². The van der Waals surface area contributed by atoms with Crippen LogP contribution in [0, 0.1) is 5.92 Å². The van der Waals surface area contributed by atoms with Gasteiger partial charge in [-0.25, -0.2) is 5.43 Å². The Morgan fingerprint density at radius 1 is 0.824 bits per heavy atom. The van der Waals surface area contributed by atoms with Crippen molar-refractivity contribution in [3.8, 4) is 5.75 Å². The molecule has 1 saturated carbocycles. The number of nitrogens with one attached hydrogen (secondary N) is 1. The van der Waals surface area contributed by atoms with Crippen LogP contribution in [0.3, 0.4) is 0 Å². The number of para-hydroxylation sites is 1. The minimum Gasteiger partial charge on any atom is -0.488 e. The van der Waals surface area contributed by atoms with Crippen LogP contribution in [0.2, 0.25) is 0 Å². The SMILES string of the molecule is O=C(N/N=C\c1ccccc1OCc1ccccc1)[C@H]1CC1(c1ccccc1)c1ccccc1. The van der Waals surface area contributed by atoms with E-state index < -0.39 is 0 Å². The molecule has 1 aliphatic carbocycles. The van der Waals surface area contributed by atoms with E-state index in [9.17, 15) is 4.79 Å². The molecule has 168 valence electrons. The third-order valence-corrected chi connectivity index (χ3v) is 6.39. The minimum absolute atomic E-state index is 0.0772. The number of rotatable bonds is 8. The molecule has 4 aromatic rings. The van der Waals surface area contributed by atoms with Gasteiger partial charge in [-0.3, -0.25) is 4.79 Å². The second-order valence-corrected chi connectivity index (χ2v) is 8.51. The van der Waals surface area contributed by atoms with E-state index in [4.69, 9.17) is 4.74 Å². The van der Waals surface area contributed by atoms with Crippen molar-refractivity contribution in [2.75, 3.05) is 0 Å². The molecule has 1 amide bonds. The highest BCUT2D eigenvalue weighted by atomic mass is 16.5. The zero-order chi connectivity index (χ0) is 23.2. The summed E-state index contributed by atoms with van der Waals surface area (Å²) < 4.78 is 5.99. The summed E-state index contributed by atoms with van der Waals surface area (Å²) in [6.07, 6.45) is 2.41. The van der Waals surface area contributed by atoms with Gasteiger partial charge >= 0.3 is 0 Å². The molecule has 0 radical (unpaired) electrons. The van der Waals surface area contributed by atoms with Crippen molar-refractivity contribution >= 4 is 12.1 Å². The van der Waals surface area contributed by atoms with Crippen LogP contribution in [0.15, 0.2) is 120 Å². The first-order valence-corrected chi connectivity index (χ1v) is 11.5. The number of nitrogens with zero attached hydrogens (tertiary/aromatic N) is 1. The Morgan fingerprint density at radius 3 is 2.03 bits per heavy atom. The molecular formula is C30H26N2O2. The fraction of sp³-hybridized carbons (Fsp3) is 0.133. The van der Waals surface area contributed by atoms with Crippen molar-refractivity contribution in [1.29, 1.82) is 0 Å². The number of hydrogen-bond acceptors (Lipinski definition) is 3. The lowest BCUT2D eigenvalue weighted by atomic mass is 9.85. The van der Waals surface area contributed by atoms with Gasteiger partial charge in [-0.2, -0.15) is 5.10 Å². The van der Waals surface area contributed by atoms with Gasteiger partial charge in [0.05, 0.1) is 12.1 Å². The van der Waals surface area contributed by atoms with E-state index in [-0.39, 0.29) is 17.2 Å². The zero-order valence-electron chi connectivity index (χ0n) is 18.8. The molecule has 0 saturated heterocycles. The number of carbonyl (C=O) groups is 1. The van der Waals surface area contributed by atoms with Crippen LogP contribution in [0.25, 0.3) is 0 Å².